The molecule has 2 unspecified atom stereocenters. The number of nitrogens with two attached hydrogens (primary N) is 1. The second-order valence-electron chi connectivity index (χ2n) is 17.7. The lowest BCUT2D eigenvalue weighted by Crippen LogP contribution is -2.28. The molecule has 0 aliphatic carbocycles. The van der Waals surface area contributed by atoms with E-state index in [1.165, 1.54) is 161 Å². The maximum atomic E-state index is 12.7. The molecule has 0 saturated heterocycles. The molecule has 0 amide bonds. The number of unbranched alkanes of at least 4 members (excludes halogenated alkanes) is 28. The van der Waals surface area contributed by atoms with Crippen LogP contribution in [0.15, 0.2) is 60.8 Å². The van der Waals surface area contributed by atoms with E-state index in [1.807, 2.05) is 0 Å². The second kappa shape index (κ2) is 52.2. The molecule has 0 aromatic heterocycles. The van der Waals surface area contributed by atoms with Gasteiger partial charge in [0.15, 0.2) is 0 Å². The molecular weight excluding hydrogens is 818 g/mol. The number of phosphoric ester groups is 1. The fourth-order valence-electron chi connectivity index (χ4n) is 7.51. The van der Waals surface area contributed by atoms with E-state index in [0.29, 0.717) is 13.0 Å². The van der Waals surface area contributed by atoms with Gasteiger partial charge in [-0.25, -0.2) is 4.57 Å². The number of carbonyl (C=O) groups is 1. The van der Waals surface area contributed by atoms with Crippen LogP contribution in [0.2, 0.25) is 0 Å². The van der Waals surface area contributed by atoms with E-state index in [-0.39, 0.29) is 32.3 Å². The van der Waals surface area contributed by atoms with E-state index in [2.05, 4.69) is 74.6 Å². The standard InChI is InChI=1S/C55H102NO7P/c1-3-5-7-9-11-13-15-17-19-21-23-25-26-27-28-29-30-32-34-36-38-40-42-44-46-48-55(57)63-54(53-62-64(58,59)61-51-49-56)52-60-50-47-45-43-41-39-37-35-33-31-24-22-20-18-16-14-12-10-8-6-4-2/h6,8,12,14,18,20-21,23-24,31,54H,3-5,7,9-11,13,15-17,19,22,25-30,32-53,56H2,1-2H3,(H,58,59)/b8-6-,14-12-,20-18-,23-21-,31-24-. The van der Waals surface area contributed by atoms with Crippen LogP contribution in [0.25, 0.3) is 0 Å². The molecule has 64 heavy (non-hydrogen) atoms. The summed E-state index contributed by atoms with van der Waals surface area (Å²) in [5.74, 6) is -0.333. The number of carbonyl (C=O) groups excluding carboxylic acids is 1. The first kappa shape index (κ1) is 62.2. The Hall–Kier alpha value is -1.80. The second-order valence-corrected chi connectivity index (χ2v) is 19.2. The number of allylic oxidation sites excluding steroid dienone is 10. The molecule has 0 saturated carbocycles. The van der Waals surface area contributed by atoms with Crippen molar-refractivity contribution in [3.05, 3.63) is 60.8 Å². The van der Waals surface area contributed by atoms with Crippen LogP contribution >= 0.6 is 7.82 Å². The molecule has 0 radical (unpaired) electrons. The lowest BCUT2D eigenvalue weighted by molar-refractivity contribution is -0.154. The predicted octanol–water partition coefficient (Wildman–Crippen LogP) is 16.9. The maximum Gasteiger partial charge on any atom is 0.472 e. The first-order valence-electron chi connectivity index (χ1n) is 26.8. The Morgan fingerprint density at radius 1 is 0.484 bits per heavy atom. The number of hydrogen-bond acceptors (Lipinski definition) is 7. The Labute approximate surface area is 395 Å². The minimum Gasteiger partial charge on any atom is -0.457 e. The molecule has 0 aliphatic rings. The molecule has 0 rings (SSSR count). The lowest BCUT2D eigenvalue weighted by Gasteiger charge is -2.20. The van der Waals surface area contributed by atoms with Gasteiger partial charge >= 0.3 is 13.8 Å². The average molecular weight is 920 g/mol. The first-order valence-corrected chi connectivity index (χ1v) is 28.3. The summed E-state index contributed by atoms with van der Waals surface area (Å²) in [5.41, 5.74) is 5.39. The van der Waals surface area contributed by atoms with Gasteiger partial charge in [0.1, 0.15) is 6.10 Å². The van der Waals surface area contributed by atoms with Crippen LogP contribution in [0.3, 0.4) is 0 Å². The summed E-state index contributed by atoms with van der Waals surface area (Å²) >= 11 is 0. The van der Waals surface area contributed by atoms with Crippen LogP contribution in [0, 0.1) is 0 Å². The van der Waals surface area contributed by atoms with E-state index in [9.17, 15) is 14.3 Å². The molecule has 8 nitrogen and oxygen atoms in total. The molecule has 9 heteroatoms. The van der Waals surface area contributed by atoms with Crippen LogP contribution in [-0.4, -0.2) is 49.9 Å². The molecule has 374 valence electrons. The third kappa shape index (κ3) is 51.2. The largest absolute Gasteiger partial charge is 0.472 e. The summed E-state index contributed by atoms with van der Waals surface area (Å²) in [6.07, 6.45) is 65.5. The fraction of sp³-hybridized carbons (Fsp3) is 0.800. The zero-order valence-electron chi connectivity index (χ0n) is 41.8. The molecule has 0 fully saturated rings. The molecular formula is C55H102NO7P. The summed E-state index contributed by atoms with van der Waals surface area (Å²) in [5, 5.41) is 0. The Morgan fingerprint density at radius 3 is 1.33 bits per heavy atom. The van der Waals surface area contributed by atoms with Crippen LogP contribution in [0.1, 0.15) is 245 Å². The van der Waals surface area contributed by atoms with Gasteiger partial charge in [0.2, 0.25) is 0 Å². The Morgan fingerprint density at radius 2 is 0.875 bits per heavy atom. The zero-order chi connectivity index (χ0) is 46.5. The van der Waals surface area contributed by atoms with Gasteiger partial charge < -0.3 is 20.1 Å². The quantitative estimate of drug-likeness (QED) is 0.0268. The summed E-state index contributed by atoms with van der Waals surface area (Å²) < 4.78 is 33.6. The molecule has 0 heterocycles. The Kier molecular flexibility index (Phi) is 50.7. The number of esters is 1. The Balaban J connectivity index is 3.92. The normalized spacial score (nSPS) is 13.8. The topological polar surface area (TPSA) is 117 Å². The van der Waals surface area contributed by atoms with Gasteiger partial charge in [-0.3, -0.25) is 13.8 Å². The molecule has 2 atom stereocenters. The lowest BCUT2D eigenvalue weighted by atomic mass is 10.0. The fourth-order valence-corrected chi connectivity index (χ4v) is 8.28. The number of rotatable bonds is 51. The zero-order valence-corrected chi connectivity index (χ0v) is 42.7. The van der Waals surface area contributed by atoms with Gasteiger partial charge in [0.05, 0.1) is 19.8 Å². The number of hydrogen-bond donors (Lipinski definition) is 2. The van der Waals surface area contributed by atoms with Crippen molar-refractivity contribution in [2.45, 2.75) is 251 Å². The number of phosphoric acid groups is 1. The minimum atomic E-state index is -4.29. The SMILES string of the molecule is CC/C=C\C/C=C\C/C=C\C/C=C\CCCCCCCCCOCC(COP(=O)(O)OCCN)OC(=O)CCCCCCCCCCCCCCC/C=C\CCCCCCCCCC. The summed E-state index contributed by atoms with van der Waals surface area (Å²) in [7, 11) is -4.29. The van der Waals surface area contributed by atoms with Gasteiger partial charge in [0, 0.05) is 19.6 Å². The monoisotopic (exact) mass is 920 g/mol. The van der Waals surface area contributed by atoms with E-state index >= 15 is 0 Å². The van der Waals surface area contributed by atoms with E-state index in [1.54, 1.807) is 0 Å². The van der Waals surface area contributed by atoms with Gasteiger partial charge in [-0.1, -0.05) is 222 Å². The van der Waals surface area contributed by atoms with E-state index in [0.717, 1.165) is 64.2 Å². The van der Waals surface area contributed by atoms with Gasteiger partial charge in [-0.15, -0.1) is 0 Å². The summed E-state index contributed by atoms with van der Waals surface area (Å²) in [4.78, 5) is 22.6. The van der Waals surface area contributed by atoms with Crippen molar-refractivity contribution in [2.75, 3.05) is 33.0 Å². The highest BCUT2D eigenvalue weighted by molar-refractivity contribution is 7.47. The van der Waals surface area contributed by atoms with E-state index in [4.69, 9.17) is 24.3 Å². The Bertz CT molecular complexity index is 1170. The highest BCUT2D eigenvalue weighted by atomic mass is 31.2. The van der Waals surface area contributed by atoms with E-state index < -0.39 is 13.9 Å². The van der Waals surface area contributed by atoms with Crippen molar-refractivity contribution in [2.24, 2.45) is 5.73 Å². The highest BCUT2D eigenvalue weighted by Gasteiger charge is 2.25. The van der Waals surface area contributed by atoms with Crippen LogP contribution in [0.4, 0.5) is 0 Å². The molecule has 0 aliphatic heterocycles. The van der Waals surface area contributed by atoms with Crippen LogP contribution < -0.4 is 5.73 Å². The van der Waals surface area contributed by atoms with Crippen LogP contribution in [-0.2, 0) is 27.9 Å². The molecule has 0 spiro atoms. The molecule has 0 bridgehead atoms. The van der Waals surface area contributed by atoms with Crippen molar-refractivity contribution in [3.8, 4) is 0 Å². The predicted molar refractivity (Wildman–Crippen MR) is 275 cm³/mol. The van der Waals surface area contributed by atoms with Crippen molar-refractivity contribution < 1.29 is 32.8 Å². The van der Waals surface area contributed by atoms with Crippen LogP contribution in [0.5, 0.6) is 0 Å². The smallest absolute Gasteiger partial charge is 0.457 e. The third-order valence-electron chi connectivity index (χ3n) is 11.4. The summed E-state index contributed by atoms with van der Waals surface area (Å²) in [6.45, 7) is 4.81. The summed E-state index contributed by atoms with van der Waals surface area (Å²) in [6, 6.07) is 0. The third-order valence-corrected chi connectivity index (χ3v) is 12.4. The minimum absolute atomic E-state index is 0.0968. The highest BCUT2D eigenvalue weighted by Crippen LogP contribution is 2.43. The van der Waals surface area contributed by atoms with Gasteiger partial charge in [-0.05, 0) is 77.0 Å². The average Bonchev–Trinajstić information content (AvgIpc) is 3.29. The van der Waals surface area contributed by atoms with Crippen molar-refractivity contribution in [3.63, 3.8) is 0 Å². The van der Waals surface area contributed by atoms with Gasteiger partial charge in [0.25, 0.3) is 0 Å². The van der Waals surface area contributed by atoms with Crippen molar-refractivity contribution in [1.29, 1.82) is 0 Å². The van der Waals surface area contributed by atoms with Crippen molar-refractivity contribution in [1.82, 2.24) is 0 Å². The number of ether oxygens (including phenoxy) is 2. The molecule has 3 N–H and O–H groups in total. The van der Waals surface area contributed by atoms with Crippen molar-refractivity contribution >= 4 is 13.8 Å². The molecule has 0 aromatic carbocycles. The van der Waals surface area contributed by atoms with Gasteiger partial charge in [-0.2, -0.15) is 0 Å². The molecule has 0 aromatic rings. The first-order chi connectivity index (χ1) is 31.4. The maximum absolute atomic E-state index is 12.7.